The Kier molecular flexibility index (Phi) is 5.76. The molecule has 3 aromatic heterocycles. The van der Waals surface area contributed by atoms with Crippen molar-refractivity contribution in [1.29, 1.82) is 0 Å². The lowest BCUT2D eigenvalue weighted by molar-refractivity contribution is -0.117. The van der Waals surface area contributed by atoms with Crippen molar-refractivity contribution < 1.29 is 9.21 Å². The number of nitrogens with two attached hydrogens (primary N) is 1. The van der Waals surface area contributed by atoms with E-state index in [1.807, 2.05) is 23.9 Å². The van der Waals surface area contributed by atoms with Crippen molar-refractivity contribution in [2.75, 3.05) is 5.32 Å². The van der Waals surface area contributed by atoms with Crippen LogP contribution in [0.3, 0.4) is 0 Å². The molecule has 0 saturated heterocycles. The summed E-state index contributed by atoms with van der Waals surface area (Å²) in [6, 6.07) is -0.694. The van der Waals surface area contributed by atoms with Gasteiger partial charge in [-0.15, -0.1) is 0 Å². The molecule has 9 heteroatoms. The van der Waals surface area contributed by atoms with Gasteiger partial charge in [-0.1, -0.05) is 32.1 Å². The third kappa shape index (κ3) is 5.14. The molecule has 0 saturated carbocycles. The van der Waals surface area contributed by atoms with E-state index in [9.17, 15) is 4.79 Å². The predicted molar refractivity (Wildman–Crippen MR) is 110 cm³/mol. The molecule has 3 aromatic rings. The summed E-state index contributed by atoms with van der Waals surface area (Å²) in [5.41, 5.74) is 6.65. The molecule has 0 bridgehead atoms. The molecule has 0 aromatic carbocycles. The maximum Gasteiger partial charge on any atom is 0.243 e. The minimum Gasteiger partial charge on any atom is -0.441 e. The lowest BCUT2D eigenvalue weighted by Gasteiger charge is -2.12. The second kappa shape index (κ2) is 8.07. The molecule has 0 radical (unpaired) electrons. The molecule has 28 heavy (non-hydrogen) atoms. The molecule has 148 valence electrons. The smallest absolute Gasteiger partial charge is 0.243 e. The Bertz CT molecular complexity index is 979. The van der Waals surface area contributed by atoms with Gasteiger partial charge in [0.05, 0.1) is 24.3 Å². The summed E-state index contributed by atoms with van der Waals surface area (Å²) in [4.78, 5) is 25.8. The van der Waals surface area contributed by atoms with Crippen molar-refractivity contribution in [3.63, 3.8) is 0 Å². The fourth-order valence-corrected chi connectivity index (χ4v) is 3.10. The van der Waals surface area contributed by atoms with E-state index in [1.54, 1.807) is 24.8 Å². The Balaban J connectivity index is 1.57. The largest absolute Gasteiger partial charge is 0.441 e. The number of carbonyl (C=O) groups is 1. The minimum absolute atomic E-state index is 0.0882. The first-order valence-corrected chi connectivity index (χ1v) is 9.66. The van der Waals surface area contributed by atoms with Crippen LogP contribution < -0.4 is 11.1 Å². The first-order chi connectivity index (χ1) is 13.2. The van der Waals surface area contributed by atoms with E-state index in [0.29, 0.717) is 17.4 Å². The van der Waals surface area contributed by atoms with Crippen LogP contribution in [0.5, 0.6) is 0 Å². The van der Waals surface area contributed by atoms with Crippen molar-refractivity contribution in [2.24, 2.45) is 12.8 Å². The lowest BCUT2D eigenvalue weighted by Crippen LogP contribution is -2.37. The number of imidazole rings is 1. The van der Waals surface area contributed by atoms with Crippen molar-refractivity contribution in [1.82, 2.24) is 19.5 Å². The number of oxazole rings is 1. The van der Waals surface area contributed by atoms with Gasteiger partial charge in [0.1, 0.15) is 5.76 Å². The highest BCUT2D eigenvalue weighted by Crippen LogP contribution is 2.24. The SMILES string of the molecule is Cn1cnc(C[C@H](N)C(=O)Nc2ncc(/C=C/c3ncc(C(C)(C)C)o3)s2)c1. The number of rotatable bonds is 6. The normalized spacial score (nSPS) is 13.2. The molecule has 1 amide bonds. The van der Waals surface area contributed by atoms with Gasteiger partial charge < -0.3 is 20.0 Å². The van der Waals surface area contributed by atoms with Gasteiger partial charge in [0.2, 0.25) is 11.8 Å². The monoisotopic (exact) mass is 400 g/mol. The minimum atomic E-state index is -0.694. The van der Waals surface area contributed by atoms with Crippen molar-refractivity contribution >= 4 is 34.5 Å². The van der Waals surface area contributed by atoms with Gasteiger partial charge in [0.25, 0.3) is 0 Å². The number of nitrogens with zero attached hydrogens (tertiary/aromatic N) is 4. The van der Waals surface area contributed by atoms with Crippen molar-refractivity contribution in [3.05, 3.63) is 47.1 Å². The number of amides is 1. The molecular weight excluding hydrogens is 376 g/mol. The number of hydrogen-bond acceptors (Lipinski definition) is 7. The quantitative estimate of drug-likeness (QED) is 0.658. The average Bonchev–Trinajstić information content (AvgIpc) is 3.33. The molecule has 0 aliphatic heterocycles. The molecule has 0 fully saturated rings. The summed E-state index contributed by atoms with van der Waals surface area (Å²) in [5, 5.41) is 3.24. The van der Waals surface area contributed by atoms with E-state index in [2.05, 4.69) is 41.0 Å². The second-order valence-corrected chi connectivity index (χ2v) is 8.61. The fourth-order valence-electron chi connectivity index (χ4n) is 2.37. The van der Waals surface area contributed by atoms with E-state index < -0.39 is 6.04 Å². The molecule has 0 aliphatic rings. The highest BCUT2D eigenvalue weighted by Gasteiger charge is 2.19. The first kappa shape index (κ1) is 20.0. The Morgan fingerprint density at radius 2 is 2.11 bits per heavy atom. The molecule has 3 rings (SSSR count). The Hall–Kier alpha value is -2.78. The molecular formula is C19H24N6O2S. The Morgan fingerprint density at radius 3 is 2.75 bits per heavy atom. The van der Waals surface area contributed by atoms with Crippen LogP contribution >= 0.6 is 11.3 Å². The fraction of sp³-hybridized carbons (Fsp3) is 0.368. The summed E-state index contributed by atoms with van der Waals surface area (Å²) in [7, 11) is 1.87. The van der Waals surface area contributed by atoms with Crippen LogP contribution in [-0.2, 0) is 23.7 Å². The van der Waals surface area contributed by atoms with Gasteiger partial charge >= 0.3 is 0 Å². The number of nitrogens with one attached hydrogen (secondary N) is 1. The average molecular weight is 401 g/mol. The molecule has 0 aliphatic carbocycles. The zero-order valence-electron chi connectivity index (χ0n) is 16.3. The van der Waals surface area contributed by atoms with Crippen LogP contribution in [-0.4, -0.2) is 31.5 Å². The predicted octanol–water partition coefficient (Wildman–Crippen LogP) is 2.84. The Labute approximate surface area is 167 Å². The van der Waals surface area contributed by atoms with Crippen molar-refractivity contribution in [2.45, 2.75) is 38.6 Å². The van der Waals surface area contributed by atoms with E-state index in [-0.39, 0.29) is 11.3 Å². The van der Waals surface area contributed by atoms with Crippen LogP contribution in [0.4, 0.5) is 5.13 Å². The summed E-state index contributed by atoms with van der Waals surface area (Å²) in [6.45, 7) is 6.20. The van der Waals surface area contributed by atoms with Crippen LogP contribution in [0, 0.1) is 0 Å². The third-order valence-electron chi connectivity index (χ3n) is 3.93. The highest BCUT2D eigenvalue weighted by molar-refractivity contribution is 7.16. The summed E-state index contributed by atoms with van der Waals surface area (Å²) < 4.78 is 7.54. The van der Waals surface area contributed by atoms with Crippen LogP contribution in [0.2, 0.25) is 0 Å². The van der Waals surface area contributed by atoms with Crippen molar-refractivity contribution in [3.8, 4) is 0 Å². The van der Waals surface area contributed by atoms with E-state index in [0.717, 1.165) is 16.3 Å². The Morgan fingerprint density at radius 1 is 1.32 bits per heavy atom. The summed E-state index contributed by atoms with van der Waals surface area (Å²) >= 11 is 1.35. The van der Waals surface area contributed by atoms with E-state index in [4.69, 9.17) is 10.2 Å². The molecule has 3 N–H and O–H groups in total. The maximum absolute atomic E-state index is 12.3. The molecule has 8 nitrogen and oxygen atoms in total. The van der Waals surface area contributed by atoms with Gasteiger partial charge in [-0.05, 0) is 6.08 Å². The zero-order chi connectivity index (χ0) is 20.3. The standard InChI is InChI=1S/C19H24N6O2S/c1-19(2,3)15-9-21-16(27-15)6-5-13-8-22-18(28-13)24-17(26)14(20)7-12-10-25(4)11-23-12/h5-6,8-11,14H,7,20H2,1-4H3,(H,22,24,26)/b6-5+/t14-/m0/s1. The molecule has 3 heterocycles. The van der Waals surface area contributed by atoms with Gasteiger partial charge in [-0.25, -0.2) is 15.0 Å². The summed E-state index contributed by atoms with van der Waals surface area (Å²) in [5.74, 6) is 1.06. The number of thiazole rings is 1. The number of anilines is 1. The van der Waals surface area contributed by atoms with Gasteiger partial charge in [-0.2, -0.15) is 0 Å². The van der Waals surface area contributed by atoms with E-state index >= 15 is 0 Å². The topological polar surface area (TPSA) is 112 Å². The van der Waals surface area contributed by atoms with Crippen LogP contribution in [0.1, 0.15) is 43.0 Å². The van der Waals surface area contributed by atoms with E-state index in [1.165, 1.54) is 11.3 Å². The van der Waals surface area contributed by atoms with Crippen LogP contribution in [0.15, 0.2) is 29.3 Å². The second-order valence-electron chi connectivity index (χ2n) is 7.54. The molecule has 0 spiro atoms. The number of hydrogen-bond donors (Lipinski definition) is 2. The maximum atomic E-state index is 12.3. The molecule has 1 atom stereocenters. The number of carbonyl (C=O) groups excluding carboxylic acids is 1. The molecule has 0 unspecified atom stereocenters. The summed E-state index contributed by atoms with van der Waals surface area (Å²) in [6.07, 6.45) is 10.9. The van der Waals surface area contributed by atoms with Gasteiger partial charge in [0.15, 0.2) is 5.13 Å². The first-order valence-electron chi connectivity index (χ1n) is 8.84. The third-order valence-corrected chi connectivity index (χ3v) is 4.81. The van der Waals surface area contributed by atoms with Gasteiger partial charge in [0, 0.05) is 42.2 Å². The van der Waals surface area contributed by atoms with Gasteiger partial charge in [-0.3, -0.25) is 4.79 Å². The van der Waals surface area contributed by atoms with Crippen LogP contribution in [0.25, 0.3) is 12.2 Å². The zero-order valence-corrected chi connectivity index (χ0v) is 17.2. The lowest BCUT2D eigenvalue weighted by atomic mass is 9.94. The number of aromatic nitrogens is 4. The number of aryl methyl sites for hydroxylation is 1. The highest BCUT2D eigenvalue weighted by atomic mass is 32.1.